The van der Waals surface area contributed by atoms with E-state index in [0.29, 0.717) is 17.7 Å². The van der Waals surface area contributed by atoms with Gasteiger partial charge in [0.25, 0.3) is 0 Å². The SMILES string of the molecule is COc1ccc(OC(CC(C)C)C2CCNC2)cn1. The molecule has 0 aliphatic carbocycles. The van der Waals surface area contributed by atoms with Gasteiger partial charge in [-0.1, -0.05) is 13.8 Å². The second-order valence-corrected chi connectivity index (χ2v) is 5.57. The van der Waals surface area contributed by atoms with E-state index in [4.69, 9.17) is 9.47 Å². The molecule has 4 nitrogen and oxygen atoms in total. The highest BCUT2D eigenvalue weighted by Gasteiger charge is 2.27. The molecule has 0 spiro atoms. The van der Waals surface area contributed by atoms with E-state index in [1.54, 1.807) is 13.3 Å². The van der Waals surface area contributed by atoms with Gasteiger partial charge in [0.15, 0.2) is 0 Å². The summed E-state index contributed by atoms with van der Waals surface area (Å²) in [6.45, 7) is 6.64. The summed E-state index contributed by atoms with van der Waals surface area (Å²) < 4.78 is 11.2. The van der Waals surface area contributed by atoms with Gasteiger partial charge < -0.3 is 14.8 Å². The van der Waals surface area contributed by atoms with Crippen LogP contribution in [0.3, 0.4) is 0 Å². The van der Waals surface area contributed by atoms with E-state index in [1.165, 1.54) is 6.42 Å². The zero-order chi connectivity index (χ0) is 13.7. The minimum Gasteiger partial charge on any atom is -0.488 e. The van der Waals surface area contributed by atoms with Crippen molar-refractivity contribution < 1.29 is 9.47 Å². The Balaban J connectivity index is 2.01. The largest absolute Gasteiger partial charge is 0.488 e. The molecule has 1 aromatic heterocycles. The maximum atomic E-state index is 6.15. The number of hydrogen-bond donors (Lipinski definition) is 1. The predicted octanol–water partition coefficient (Wildman–Crippen LogP) is 2.49. The summed E-state index contributed by atoms with van der Waals surface area (Å²) in [6.07, 6.45) is 4.29. The number of hydrogen-bond acceptors (Lipinski definition) is 4. The average Bonchev–Trinajstić information content (AvgIpc) is 2.92. The van der Waals surface area contributed by atoms with Crippen LogP contribution in [0.15, 0.2) is 18.3 Å². The highest BCUT2D eigenvalue weighted by Crippen LogP contribution is 2.25. The van der Waals surface area contributed by atoms with Gasteiger partial charge in [-0.25, -0.2) is 4.98 Å². The minimum atomic E-state index is 0.269. The number of methoxy groups -OCH3 is 1. The van der Waals surface area contributed by atoms with Crippen LogP contribution in [0.2, 0.25) is 0 Å². The normalized spacial score (nSPS) is 20.5. The molecule has 2 heterocycles. The first-order valence-electron chi connectivity index (χ1n) is 7.06. The third-order valence-electron chi connectivity index (χ3n) is 3.53. The van der Waals surface area contributed by atoms with Crippen LogP contribution in [0, 0.1) is 11.8 Å². The van der Waals surface area contributed by atoms with Crippen molar-refractivity contribution in [1.29, 1.82) is 0 Å². The molecular weight excluding hydrogens is 240 g/mol. The summed E-state index contributed by atoms with van der Waals surface area (Å²) >= 11 is 0. The Kier molecular flexibility index (Phi) is 5.02. The van der Waals surface area contributed by atoms with Gasteiger partial charge in [0.05, 0.1) is 13.3 Å². The first-order chi connectivity index (χ1) is 9.19. The van der Waals surface area contributed by atoms with Gasteiger partial charge in [-0.05, 0) is 31.4 Å². The van der Waals surface area contributed by atoms with Crippen molar-refractivity contribution in [3.05, 3.63) is 18.3 Å². The summed E-state index contributed by atoms with van der Waals surface area (Å²) in [4.78, 5) is 4.19. The van der Waals surface area contributed by atoms with Crippen LogP contribution in [0.4, 0.5) is 0 Å². The fourth-order valence-corrected chi connectivity index (χ4v) is 2.53. The lowest BCUT2D eigenvalue weighted by Crippen LogP contribution is -2.30. The Hall–Kier alpha value is -1.29. The number of nitrogens with zero attached hydrogens (tertiary/aromatic N) is 1. The van der Waals surface area contributed by atoms with Crippen molar-refractivity contribution in [2.24, 2.45) is 11.8 Å². The molecule has 1 aliphatic rings. The van der Waals surface area contributed by atoms with Gasteiger partial charge in [0.2, 0.25) is 5.88 Å². The lowest BCUT2D eigenvalue weighted by Gasteiger charge is -2.25. The first-order valence-corrected chi connectivity index (χ1v) is 7.06. The van der Waals surface area contributed by atoms with Crippen LogP contribution in [-0.2, 0) is 0 Å². The molecule has 0 saturated carbocycles. The molecule has 1 aliphatic heterocycles. The molecule has 1 N–H and O–H groups in total. The van der Waals surface area contributed by atoms with Crippen LogP contribution < -0.4 is 14.8 Å². The number of ether oxygens (including phenoxy) is 2. The summed E-state index contributed by atoms with van der Waals surface area (Å²) in [5.74, 6) is 2.69. The smallest absolute Gasteiger partial charge is 0.213 e. The summed E-state index contributed by atoms with van der Waals surface area (Å²) in [5.41, 5.74) is 0. The van der Waals surface area contributed by atoms with Crippen molar-refractivity contribution in [2.75, 3.05) is 20.2 Å². The van der Waals surface area contributed by atoms with Crippen LogP contribution in [0.25, 0.3) is 0 Å². The molecule has 0 radical (unpaired) electrons. The second kappa shape index (κ2) is 6.75. The van der Waals surface area contributed by atoms with Gasteiger partial charge in [-0.15, -0.1) is 0 Å². The standard InChI is InChI=1S/C15H24N2O2/c1-11(2)8-14(12-6-7-16-9-12)19-13-4-5-15(18-3)17-10-13/h4-5,10-12,14,16H,6-9H2,1-3H3. The number of rotatable bonds is 6. The molecule has 2 atom stereocenters. The van der Waals surface area contributed by atoms with E-state index < -0.39 is 0 Å². The molecule has 2 rings (SSSR count). The van der Waals surface area contributed by atoms with Crippen molar-refractivity contribution in [2.45, 2.75) is 32.8 Å². The highest BCUT2D eigenvalue weighted by atomic mass is 16.5. The van der Waals surface area contributed by atoms with Gasteiger partial charge in [-0.2, -0.15) is 0 Å². The quantitative estimate of drug-likeness (QED) is 0.857. The van der Waals surface area contributed by atoms with Crippen molar-refractivity contribution in [3.63, 3.8) is 0 Å². The van der Waals surface area contributed by atoms with Crippen LogP contribution in [0.5, 0.6) is 11.6 Å². The van der Waals surface area contributed by atoms with E-state index in [2.05, 4.69) is 24.1 Å². The molecule has 0 aromatic carbocycles. The number of pyridine rings is 1. The first kappa shape index (κ1) is 14.1. The van der Waals surface area contributed by atoms with Gasteiger partial charge >= 0.3 is 0 Å². The van der Waals surface area contributed by atoms with E-state index in [-0.39, 0.29) is 6.10 Å². The molecule has 2 unspecified atom stereocenters. The van der Waals surface area contributed by atoms with Crippen molar-refractivity contribution >= 4 is 0 Å². The monoisotopic (exact) mass is 264 g/mol. The van der Waals surface area contributed by atoms with Crippen LogP contribution >= 0.6 is 0 Å². The summed E-state index contributed by atoms with van der Waals surface area (Å²) in [7, 11) is 1.62. The Morgan fingerprint density at radius 2 is 2.26 bits per heavy atom. The zero-order valence-corrected chi connectivity index (χ0v) is 12.1. The fourth-order valence-electron chi connectivity index (χ4n) is 2.53. The maximum Gasteiger partial charge on any atom is 0.213 e. The molecule has 0 amide bonds. The number of aromatic nitrogens is 1. The molecule has 19 heavy (non-hydrogen) atoms. The summed E-state index contributed by atoms with van der Waals surface area (Å²) in [6, 6.07) is 3.77. The van der Waals surface area contributed by atoms with E-state index in [9.17, 15) is 0 Å². The van der Waals surface area contributed by atoms with Crippen LogP contribution in [0.1, 0.15) is 26.7 Å². The Labute approximate surface area is 115 Å². The van der Waals surface area contributed by atoms with Gasteiger partial charge in [0, 0.05) is 18.5 Å². The summed E-state index contributed by atoms with van der Waals surface area (Å²) in [5, 5.41) is 3.41. The Morgan fingerprint density at radius 1 is 1.42 bits per heavy atom. The molecule has 106 valence electrons. The topological polar surface area (TPSA) is 43.4 Å². The number of nitrogens with one attached hydrogen (secondary N) is 1. The predicted molar refractivity (Wildman–Crippen MR) is 75.6 cm³/mol. The maximum absolute atomic E-state index is 6.15. The minimum absolute atomic E-state index is 0.269. The molecule has 0 bridgehead atoms. The van der Waals surface area contributed by atoms with Crippen LogP contribution in [-0.4, -0.2) is 31.3 Å². The third-order valence-corrected chi connectivity index (χ3v) is 3.53. The Bertz CT molecular complexity index is 372. The second-order valence-electron chi connectivity index (χ2n) is 5.57. The van der Waals surface area contributed by atoms with Crippen molar-refractivity contribution in [1.82, 2.24) is 10.3 Å². The van der Waals surface area contributed by atoms with Gasteiger partial charge in [-0.3, -0.25) is 0 Å². The third kappa shape index (κ3) is 4.10. The molecular formula is C15H24N2O2. The van der Waals surface area contributed by atoms with Gasteiger partial charge in [0.1, 0.15) is 11.9 Å². The van der Waals surface area contributed by atoms with E-state index >= 15 is 0 Å². The lowest BCUT2D eigenvalue weighted by atomic mass is 9.93. The van der Waals surface area contributed by atoms with E-state index in [0.717, 1.165) is 25.3 Å². The molecule has 4 heteroatoms. The average molecular weight is 264 g/mol. The fraction of sp³-hybridized carbons (Fsp3) is 0.667. The molecule has 1 aromatic rings. The lowest BCUT2D eigenvalue weighted by molar-refractivity contribution is 0.119. The molecule has 1 saturated heterocycles. The van der Waals surface area contributed by atoms with E-state index in [1.807, 2.05) is 12.1 Å². The Morgan fingerprint density at radius 3 is 2.79 bits per heavy atom. The highest BCUT2D eigenvalue weighted by molar-refractivity contribution is 5.23. The van der Waals surface area contributed by atoms with Crippen molar-refractivity contribution in [3.8, 4) is 11.6 Å². The zero-order valence-electron chi connectivity index (χ0n) is 12.1. The molecule has 1 fully saturated rings.